The molecule has 7 aromatic rings. The third-order valence-electron chi connectivity index (χ3n) is 10.1. The summed E-state index contributed by atoms with van der Waals surface area (Å²) in [6, 6.07) is 60.6. The van der Waals surface area contributed by atoms with Crippen molar-refractivity contribution in [2.24, 2.45) is 0 Å². The minimum atomic E-state index is 0.139. The van der Waals surface area contributed by atoms with E-state index in [1.54, 1.807) is 0 Å². The van der Waals surface area contributed by atoms with Gasteiger partial charge in [0.05, 0.1) is 0 Å². The zero-order chi connectivity index (χ0) is 29.5. The molecule has 0 bridgehead atoms. The molecule has 3 aliphatic carbocycles. The van der Waals surface area contributed by atoms with Crippen LogP contribution in [0, 0.1) is 10.4 Å². The first-order chi connectivity index (χ1) is 22.4. The van der Waals surface area contributed by atoms with Crippen LogP contribution < -0.4 is 10.4 Å². The second kappa shape index (κ2) is 9.39. The summed E-state index contributed by atoms with van der Waals surface area (Å²) in [5.74, 6) is 0.139. The Hall–Kier alpha value is -5.72. The molecule has 0 fully saturated rings. The van der Waals surface area contributed by atoms with Crippen LogP contribution in [-0.4, -0.2) is 0 Å². The summed E-state index contributed by atoms with van der Waals surface area (Å²) < 4.78 is 0. The van der Waals surface area contributed by atoms with Crippen molar-refractivity contribution in [1.29, 1.82) is 0 Å². The average Bonchev–Trinajstić information content (AvgIpc) is 3.75. The van der Waals surface area contributed by atoms with Crippen molar-refractivity contribution in [3.63, 3.8) is 0 Å². The molecule has 208 valence electrons. The first-order valence-corrected chi connectivity index (χ1v) is 15.8. The molecular weight excluding hydrogens is 540 g/mol. The first-order valence-electron chi connectivity index (χ1n) is 15.8. The van der Waals surface area contributed by atoms with Crippen molar-refractivity contribution in [3.8, 4) is 22.3 Å². The molecule has 0 amide bonds. The molecule has 0 N–H and O–H groups in total. The molecule has 7 aromatic carbocycles. The van der Waals surface area contributed by atoms with E-state index in [1.165, 1.54) is 93.2 Å². The van der Waals surface area contributed by atoms with Crippen LogP contribution in [0.2, 0.25) is 0 Å². The third kappa shape index (κ3) is 3.32. The summed E-state index contributed by atoms with van der Waals surface area (Å²) in [6.07, 6.45) is 0. The molecule has 0 radical (unpaired) electrons. The van der Waals surface area contributed by atoms with Crippen molar-refractivity contribution in [2.45, 2.75) is 5.92 Å². The van der Waals surface area contributed by atoms with E-state index < -0.39 is 0 Å². The summed E-state index contributed by atoms with van der Waals surface area (Å²) in [4.78, 5) is 0. The van der Waals surface area contributed by atoms with E-state index in [0.29, 0.717) is 0 Å². The lowest BCUT2D eigenvalue weighted by Gasteiger charge is -2.19. The van der Waals surface area contributed by atoms with E-state index in [4.69, 9.17) is 0 Å². The maximum atomic E-state index is 2.36. The van der Waals surface area contributed by atoms with Gasteiger partial charge in [0.2, 0.25) is 0 Å². The van der Waals surface area contributed by atoms with Crippen LogP contribution in [0.4, 0.5) is 0 Å². The van der Waals surface area contributed by atoms with Gasteiger partial charge in [-0.3, -0.25) is 0 Å². The number of hydrogen-bond donors (Lipinski definition) is 0. The lowest BCUT2D eigenvalue weighted by Crippen LogP contribution is -2.16. The van der Waals surface area contributed by atoms with Crippen LogP contribution in [0.15, 0.2) is 164 Å². The minimum Gasteiger partial charge on any atom is -0.0622 e. The van der Waals surface area contributed by atoms with Crippen LogP contribution >= 0.6 is 0 Å². The average molecular weight is 569 g/mol. The van der Waals surface area contributed by atoms with Gasteiger partial charge < -0.3 is 0 Å². The molecule has 1 atom stereocenters. The van der Waals surface area contributed by atoms with Crippen LogP contribution in [0.3, 0.4) is 0 Å². The molecule has 10 rings (SSSR count). The van der Waals surface area contributed by atoms with E-state index in [9.17, 15) is 0 Å². The second-order valence-electron chi connectivity index (χ2n) is 12.3. The number of hydrogen-bond acceptors (Lipinski definition) is 0. The van der Waals surface area contributed by atoms with Gasteiger partial charge in [0.1, 0.15) is 0 Å². The van der Waals surface area contributed by atoms with Gasteiger partial charge >= 0.3 is 0 Å². The fourth-order valence-electron chi connectivity index (χ4n) is 8.43. The molecule has 0 spiro atoms. The van der Waals surface area contributed by atoms with Gasteiger partial charge in [-0.25, -0.2) is 0 Å². The number of rotatable bonds is 3. The molecular formula is C45H28. The largest absolute Gasteiger partial charge is 0.0622 e. The lowest BCUT2D eigenvalue weighted by atomic mass is 9.83. The highest BCUT2D eigenvalue weighted by molar-refractivity contribution is 6.06. The highest BCUT2D eigenvalue weighted by Gasteiger charge is 2.39. The van der Waals surface area contributed by atoms with Crippen LogP contribution in [0.25, 0.3) is 33.4 Å². The van der Waals surface area contributed by atoms with Gasteiger partial charge in [-0.2, -0.15) is 0 Å². The van der Waals surface area contributed by atoms with E-state index in [-0.39, 0.29) is 5.92 Å². The highest BCUT2D eigenvalue weighted by Crippen LogP contribution is 2.53. The normalized spacial score (nSPS) is 14.8. The summed E-state index contributed by atoms with van der Waals surface area (Å²) in [5, 5.41) is 5.43. The molecule has 0 saturated carbocycles. The molecule has 0 nitrogen and oxygen atoms in total. The van der Waals surface area contributed by atoms with E-state index in [0.717, 1.165) is 0 Å². The zero-order valence-corrected chi connectivity index (χ0v) is 24.7. The molecule has 0 heteroatoms. The number of fused-ring (bicyclic) bond motifs is 11. The molecule has 0 unspecified atom stereocenters. The highest BCUT2D eigenvalue weighted by atomic mass is 14.4. The Kier molecular flexibility index (Phi) is 5.15. The Morgan fingerprint density at radius 3 is 1.58 bits per heavy atom. The summed E-state index contributed by atoms with van der Waals surface area (Å²) in [6.45, 7) is 0. The SMILES string of the molecule is c1ccc(C2=c3c(c4c(c5c3-c3ccccc3[C@@H]5c3ccccc3)=c3ccccc3=C4c3ccccc3)-c3ccccc32)cc1. The van der Waals surface area contributed by atoms with Crippen molar-refractivity contribution < 1.29 is 0 Å². The topological polar surface area (TPSA) is 0 Å². The van der Waals surface area contributed by atoms with Gasteiger partial charge in [0.25, 0.3) is 0 Å². The Bertz CT molecular complexity index is 2560. The van der Waals surface area contributed by atoms with Crippen molar-refractivity contribution in [1.82, 2.24) is 0 Å². The van der Waals surface area contributed by atoms with Gasteiger partial charge in [-0.1, -0.05) is 164 Å². The standard InChI is InChI=1S/C45H28/c1-4-16-28(17-5-1)37-31-22-10-13-25-34(31)40-43(37)41-35-26-14-11-23-32(35)38(29-18-6-2-7-19-29)45(41)42-36-27-15-12-24-33(36)39(44(40)42)30-20-8-3-9-21-30/h1-27,37H/t37-/m0/s1. The summed E-state index contributed by atoms with van der Waals surface area (Å²) in [7, 11) is 0. The maximum Gasteiger partial charge on any atom is 0.0358 e. The fraction of sp³-hybridized carbons (Fsp3) is 0.0222. The van der Waals surface area contributed by atoms with Crippen LogP contribution in [-0.2, 0) is 0 Å². The van der Waals surface area contributed by atoms with Gasteiger partial charge in [-0.15, -0.1) is 0 Å². The van der Waals surface area contributed by atoms with Gasteiger partial charge in [0, 0.05) is 5.92 Å². The van der Waals surface area contributed by atoms with Gasteiger partial charge in [0.15, 0.2) is 0 Å². The fourth-order valence-corrected chi connectivity index (χ4v) is 8.43. The van der Waals surface area contributed by atoms with Crippen LogP contribution in [0.1, 0.15) is 44.9 Å². The zero-order valence-electron chi connectivity index (χ0n) is 24.7. The van der Waals surface area contributed by atoms with E-state index >= 15 is 0 Å². The monoisotopic (exact) mass is 568 g/mol. The quantitative estimate of drug-likeness (QED) is 0.200. The predicted octanol–water partition coefficient (Wildman–Crippen LogP) is 8.92. The van der Waals surface area contributed by atoms with Gasteiger partial charge in [-0.05, 0) is 93.2 Å². The molecule has 0 aromatic heterocycles. The van der Waals surface area contributed by atoms with E-state index in [2.05, 4.69) is 164 Å². The second-order valence-corrected chi connectivity index (χ2v) is 12.3. The smallest absolute Gasteiger partial charge is 0.0358 e. The van der Waals surface area contributed by atoms with Crippen molar-refractivity contribution >= 4 is 11.1 Å². The number of benzene rings is 7. The first kappa shape index (κ1) is 24.7. The maximum absolute atomic E-state index is 2.36. The Morgan fingerprint density at radius 2 is 0.867 bits per heavy atom. The predicted molar refractivity (Wildman–Crippen MR) is 184 cm³/mol. The Balaban J connectivity index is 1.53. The summed E-state index contributed by atoms with van der Waals surface area (Å²) in [5.41, 5.74) is 17.5. The third-order valence-corrected chi connectivity index (χ3v) is 10.1. The Morgan fingerprint density at radius 1 is 0.333 bits per heavy atom. The molecule has 45 heavy (non-hydrogen) atoms. The van der Waals surface area contributed by atoms with Crippen LogP contribution in [0.5, 0.6) is 0 Å². The molecule has 0 saturated heterocycles. The molecule has 0 heterocycles. The summed E-state index contributed by atoms with van der Waals surface area (Å²) >= 11 is 0. The van der Waals surface area contributed by atoms with E-state index in [1.807, 2.05) is 0 Å². The minimum absolute atomic E-state index is 0.139. The Labute approximate surface area is 262 Å². The van der Waals surface area contributed by atoms with Crippen molar-refractivity contribution in [2.75, 3.05) is 0 Å². The van der Waals surface area contributed by atoms with Crippen molar-refractivity contribution in [3.05, 3.63) is 224 Å². The lowest BCUT2D eigenvalue weighted by molar-refractivity contribution is 1.00. The molecule has 3 aliphatic rings. The molecule has 0 aliphatic heterocycles.